The Bertz CT molecular complexity index is 2370. The second-order valence-electron chi connectivity index (χ2n) is 27.8. The van der Waals surface area contributed by atoms with E-state index >= 15 is 0 Å². The molecule has 0 spiro atoms. The van der Waals surface area contributed by atoms with E-state index in [4.69, 9.17) is 10.6 Å². The van der Waals surface area contributed by atoms with Crippen molar-refractivity contribution in [1.29, 1.82) is 0 Å². The number of hydrogen-bond donors (Lipinski definition) is 0. The molecule has 4 aromatic carbocycles. The topological polar surface area (TPSA) is 146 Å². The van der Waals surface area contributed by atoms with Crippen molar-refractivity contribution in [2.24, 2.45) is 0 Å². The maximum atomic E-state index is 13.4. The van der Waals surface area contributed by atoms with Gasteiger partial charge in [0.1, 0.15) is 0 Å². The van der Waals surface area contributed by atoms with Gasteiger partial charge in [0.2, 0.25) is 0 Å². The molecule has 0 saturated carbocycles. The Balaban J connectivity index is 0.000000606. The molecule has 2 aromatic heterocycles. The average molecular weight is 1120 g/mol. The third-order valence-corrected chi connectivity index (χ3v) is 12.6. The Morgan fingerprint density at radius 2 is 0.434 bits per heavy atom. The Labute approximate surface area is 481 Å². The predicted octanol–water partition coefficient (Wildman–Crippen LogP) is 16.9. The average Bonchev–Trinajstić information content (AvgIpc) is 3.25. The van der Waals surface area contributed by atoms with Gasteiger partial charge in [-0.05, 0) is 89.8 Å². The van der Waals surface area contributed by atoms with Crippen LogP contribution in [0.4, 0.5) is 22.7 Å². The normalized spacial score (nSPS) is 12.2. The summed E-state index contributed by atoms with van der Waals surface area (Å²) in [5.41, 5.74) is 6.70. The molecule has 0 N–H and O–H groups in total. The molecule has 6 rings (SSSR count). The number of rotatable bonds is 4. The third-order valence-electron chi connectivity index (χ3n) is 12.6. The molecule has 414 valence electrons. The molecule has 0 atom stereocenters. The van der Waals surface area contributed by atoms with Crippen LogP contribution >= 0.6 is 0 Å². The standard InChI is InChI=1S/2C28H42NO2.2C5H5N.2Fe/c2*1-25(2,3)17-13-19(27(7,8)9)23(30)21(15-17)29-22-16-18(26(4,5)6)14-20(24(22)31)28(10,11)12;2*1-2-4-6-5-3-1;;/h2*13-16,30-31H,1-12H3;2*1-5H;;/q2*-1;;;2*+3/p-4. The van der Waals surface area contributed by atoms with Crippen LogP contribution in [0, 0.1) is 0 Å². The van der Waals surface area contributed by atoms with E-state index in [9.17, 15) is 20.4 Å². The first-order chi connectivity index (χ1) is 33.5. The summed E-state index contributed by atoms with van der Waals surface area (Å²) in [6.45, 7) is 50.0. The van der Waals surface area contributed by atoms with E-state index < -0.39 is 0 Å². The summed E-state index contributed by atoms with van der Waals surface area (Å²) in [6.07, 6.45) is 7.00. The van der Waals surface area contributed by atoms with E-state index in [2.05, 4.69) is 93.1 Å². The molecule has 0 bridgehead atoms. The minimum Gasteiger partial charge on any atom is -0.873 e. The number of nitrogens with zero attached hydrogens (tertiary/aromatic N) is 4. The van der Waals surface area contributed by atoms with Gasteiger partial charge < -0.3 is 31.1 Å². The van der Waals surface area contributed by atoms with Crippen molar-refractivity contribution in [2.45, 2.75) is 209 Å². The summed E-state index contributed by atoms with van der Waals surface area (Å²) in [4.78, 5) is 7.57. The molecule has 0 aliphatic carbocycles. The van der Waals surface area contributed by atoms with E-state index in [1.54, 1.807) is 24.8 Å². The van der Waals surface area contributed by atoms with Crippen LogP contribution in [-0.2, 0) is 77.5 Å². The van der Waals surface area contributed by atoms with E-state index in [-0.39, 0.29) is 100 Å². The van der Waals surface area contributed by atoms with Gasteiger partial charge in [-0.1, -0.05) is 249 Å². The smallest absolute Gasteiger partial charge is 0.873 e. The van der Waals surface area contributed by atoms with Crippen LogP contribution in [0.25, 0.3) is 10.6 Å². The molecule has 0 saturated heterocycles. The minimum absolute atomic E-state index is 0. The molecular weight excluding hydrogens is 1020 g/mol. The Morgan fingerprint density at radius 1 is 0.263 bits per heavy atom. The van der Waals surface area contributed by atoms with Crippen LogP contribution in [0.1, 0.15) is 211 Å². The first kappa shape index (κ1) is 69.0. The van der Waals surface area contributed by atoms with Crippen molar-refractivity contribution >= 4 is 22.7 Å². The fourth-order valence-electron chi connectivity index (χ4n) is 7.63. The number of pyridine rings is 2. The predicted molar refractivity (Wildman–Crippen MR) is 307 cm³/mol. The largest absolute Gasteiger partial charge is 3.00 e. The summed E-state index contributed by atoms with van der Waals surface area (Å²) in [5, 5.41) is 62.9. The minimum atomic E-state index is -0.313. The van der Waals surface area contributed by atoms with Crippen LogP contribution in [-0.4, -0.2) is 9.97 Å². The van der Waals surface area contributed by atoms with Gasteiger partial charge in [-0.15, -0.1) is 45.7 Å². The van der Waals surface area contributed by atoms with Gasteiger partial charge in [-0.3, -0.25) is 9.97 Å². The molecule has 6 aromatic rings. The van der Waals surface area contributed by atoms with Crippen molar-refractivity contribution < 1.29 is 54.6 Å². The van der Waals surface area contributed by atoms with Gasteiger partial charge >= 0.3 is 34.1 Å². The summed E-state index contributed by atoms with van der Waals surface area (Å²) in [5.74, 6) is -0.395. The molecule has 0 amide bonds. The Kier molecular flexibility index (Phi) is 23.7. The van der Waals surface area contributed by atoms with Crippen molar-refractivity contribution in [3.8, 4) is 23.0 Å². The SMILES string of the molecule is CC(C)(C)c1cc([N-]c2cc(C(C)(C)C)cc(C(C)(C)C)c2[O-])c([O-])c(C(C)(C)C)c1.CC(C)(C)c1cc([N-]c2cc(C(C)(C)C)cc(C(C)(C)C)c2[O-])c([O-])c(C(C)(C)C)c1.[Fe+3].[Fe+3].c1ccncc1.c1ccncc1. The molecule has 0 aliphatic rings. The zero-order valence-corrected chi connectivity index (χ0v) is 52.7. The van der Waals surface area contributed by atoms with Crippen LogP contribution in [0.3, 0.4) is 0 Å². The van der Waals surface area contributed by atoms with Crippen molar-refractivity contribution in [2.75, 3.05) is 0 Å². The van der Waals surface area contributed by atoms with Gasteiger partial charge in [0.25, 0.3) is 0 Å². The Morgan fingerprint density at radius 3 is 0.539 bits per heavy atom. The maximum absolute atomic E-state index is 13.4. The second kappa shape index (κ2) is 26.1. The quantitative estimate of drug-likeness (QED) is 0.161. The zero-order valence-electron chi connectivity index (χ0n) is 50.5. The molecule has 2 radical (unpaired) electrons. The van der Waals surface area contributed by atoms with Crippen molar-refractivity contribution in [3.63, 3.8) is 0 Å². The van der Waals surface area contributed by atoms with Crippen molar-refractivity contribution in [1.82, 2.24) is 9.97 Å². The first-order valence-corrected chi connectivity index (χ1v) is 26.0. The van der Waals surface area contributed by atoms with E-state index in [1.165, 1.54) is 0 Å². The van der Waals surface area contributed by atoms with Crippen LogP contribution in [0.5, 0.6) is 23.0 Å². The fraction of sp³-hybridized carbons (Fsp3) is 0.485. The molecule has 76 heavy (non-hydrogen) atoms. The first-order valence-electron chi connectivity index (χ1n) is 26.0. The molecule has 0 unspecified atom stereocenters. The van der Waals surface area contributed by atoms with E-state index in [0.717, 1.165) is 44.5 Å². The monoisotopic (exact) mass is 1110 g/mol. The molecule has 0 aliphatic heterocycles. The maximum Gasteiger partial charge on any atom is 3.00 e. The van der Waals surface area contributed by atoms with Gasteiger partial charge in [0, 0.05) is 24.8 Å². The molecule has 10 heteroatoms. The number of hydrogen-bond acceptors (Lipinski definition) is 6. The summed E-state index contributed by atoms with van der Waals surface area (Å²) >= 11 is 0. The fourth-order valence-corrected chi connectivity index (χ4v) is 7.63. The summed E-state index contributed by atoms with van der Waals surface area (Å²) < 4.78 is 0. The van der Waals surface area contributed by atoms with Crippen LogP contribution < -0.4 is 20.4 Å². The van der Waals surface area contributed by atoms with Gasteiger partial charge in [0.15, 0.2) is 0 Å². The summed E-state index contributed by atoms with van der Waals surface area (Å²) in [7, 11) is 0. The third kappa shape index (κ3) is 19.8. The molecule has 0 fully saturated rings. The van der Waals surface area contributed by atoms with Crippen LogP contribution in [0.15, 0.2) is 110 Å². The van der Waals surface area contributed by atoms with Crippen molar-refractivity contribution in [3.05, 3.63) is 165 Å². The Hall–Kier alpha value is -4.98. The van der Waals surface area contributed by atoms with Crippen LogP contribution in [0.2, 0.25) is 0 Å². The summed E-state index contributed by atoms with van der Waals surface area (Å²) in [6, 6.07) is 26.9. The molecule has 8 nitrogen and oxygen atoms in total. The van der Waals surface area contributed by atoms with E-state index in [1.807, 2.05) is 168 Å². The zero-order chi connectivity index (χ0) is 56.8. The second-order valence-corrected chi connectivity index (χ2v) is 27.8. The van der Waals surface area contributed by atoms with Gasteiger partial charge in [-0.25, -0.2) is 0 Å². The molecule has 2 heterocycles. The number of aromatic nitrogens is 2. The van der Waals surface area contributed by atoms with Gasteiger partial charge in [-0.2, -0.15) is 0 Å². The number of benzene rings is 4. The molecular formula is C66H90Fe2N4O4. The van der Waals surface area contributed by atoms with Gasteiger partial charge in [0.05, 0.1) is 0 Å². The van der Waals surface area contributed by atoms with E-state index in [0.29, 0.717) is 22.7 Å².